The van der Waals surface area contributed by atoms with Gasteiger partial charge in [0.2, 0.25) is 0 Å². The molecule has 4 heterocycles. The van der Waals surface area contributed by atoms with E-state index in [1.807, 2.05) is 32.0 Å². The predicted octanol–water partition coefficient (Wildman–Crippen LogP) is 2.61. The average Bonchev–Trinajstić information content (AvgIpc) is 3.22. The molecule has 0 amide bonds. The molecular weight excluding hydrogens is 306 g/mol. The third kappa shape index (κ3) is 2.13. The predicted molar refractivity (Wildman–Crippen MR) is 88.7 cm³/mol. The van der Waals surface area contributed by atoms with Crippen LogP contribution in [0.25, 0.3) is 28.4 Å². The molecule has 120 valence electrons. The molecule has 0 unspecified atom stereocenters. The van der Waals surface area contributed by atoms with E-state index in [-0.39, 0.29) is 5.56 Å². The van der Waals surface area contributed by atoms with Gasteiger partial charge in [-0.3, -0.25) is 14.9 Å². The van der Waals surface area contributed by atoms with E-state index >= 15 is 0 Å². The maximum atomic E-state index is 12.5. The van der Waals surface area contributed by atoms with Gasteiger partial charge in [-0.15, -0.1) is 0 Å². The van der Waals surface area contributed by atoms with Crippen LogP contribution in [0, 0.1) is 6.92 Å². The summed E-state index contributed by atoms with van der Waals surface area (Å²) in [5.74, 6) is 0.564. The summed E-state index contributed by atoms with van der Waals surface area (Å²) in [7, 11) is 0. The van der Waals surface area contributed by atoms with E-state index in [4.69, 9.17) is 4.52 Å². The number of nitrogens with zero attached hydrogens (tertiary/aromatic N) is 4. The van der Waals surface area contributed by atoms with Crippen LogP contribution in [0.4, 0.5) is 0 Å². The summed E-state index contributed by atoms with van der Waals surface area (Å²) in [5.41, 5.74) is 3.90. The summed E-state index contributed by atoms with van der Waals surface area (Å²) in [4.78, 5) is 21.3. The minimum atomic E-state index is -0.0836. The molecule has 0 bridgehead atoms. The number of hydrogen-bond acceptors (Lipinski definition) is 5. The molecule has 4 rings (SSSR count). The van der Waals surface area contributed by atoms with Gasteiger partial charge in [-0.25, -0.2) is 9.50 Å². The molecule has 0 aliphatic heterocycles. The first-order valence-electron chi connectivity index (χ1n) is 7.67. The zero-order chi connectivity index (χ0) is 16.7. The third-order valence-electron chi connectivity index (χ3n) is 4.02. The van der Waals surface area contributed by atoms with Crippen molar-refractivity contribution in [3.8, 4) is 22.7 Å². The third-order valence-corrected chi connectivity index (χ3v) is 4.02. The van der Waals surface area contributed by atoms with Crippen molar-refractivity contribution in [1.29, 1.82) is 0 Å². The minimum Gasteiger partial charge on any atom is -0.354 e. The van der Waals surface area contributed by atoms with Gasteiger partial charge in [-0.05, 0) is 25.5 Å². The van der Waals surface area contributed by atoms with Gasteiger partial charge < -0.3 is 4.52 Å². The van der Waals surface area contributed by atoms with Crippen LogP contribution in [0.5, 0.6) is 0 Å². The van der Waals surface area contributed by atoms with E-state index in [1.54, 1.807) is 18.5 Å². The molecule has 0 aliphatic carbocycles. The van der Waals surface area contributed by atoms with E-state index < -0.39 is 0 Å². The lowest BCUT2D eigenvalue weighted by atomic mass is 10.1. The van der Waals surface area contributed by atoms with Gasteiger partial charge in [0.15, 0.2) is 11.4 Å². The van der Waals surface area contributed by atoms with Gasteiger partial charge in [0.25, 0.3) is 5.56 Å². The molecule has 7 nitrogen and oxygen atoms in total. The number of aryl methyl sites for hydroxylation is 1. The Hall–Kier alpha value is -3.22. The molecule has 24 heavy (non-hydrogen) atoms. The van der Waals surface area contributed by atoms with Crippen molar-refractivity contribution >= 4 is 5.65 Å². The van der Waals surface area contributed by atoms with Gasteiger partial charge in [0, 0.05) is 29.7 Å². The fraction of sp³-hybridized carbons (Fsp3) is 0.176. The Morgan fingerprint density at radius 2 is 2.17 bits per heavy atom. The number of hydrogen-bond donors (Lipinski definition) is 1. The summed E-state index contributed by atoms with van der Waals surface area (Å²) in [6.07, 6.45) is 4.05. The first-order valence-corrected chi connectivity index (χ1v) is 7.67. The Morgan fingerprint density at radius 1 is 1.29 bits per heavy atom. The second-order valence-corrected chi connectivity index (χ2v) is 5.47. The zero-order valence-corrected chi connectivity index (χ0v) is 13.3. The van der Waals surface area contributed by atoms with Crippen LogP contribution in [0.2, 0.25) is 0 Å². The van der Waals surface area contributed by atoms with Gasteiger partial charge in [0.05, 0.1) is 5.56 Å². The highest BCUT2D eigenvalue weighted by Gasteiger charge is 2.17. The van der Waals surface area contributed by atoms with Crippen molar-refractivity contribution in [1.82, 2.24) is 24.7 Å². The smallest absolute Gasteiger partial charge is 0.276 e. The second kappa shape index (κ2) is 5.45. The number of nitrogens with one attached hydrogen (secondary N) is 1. The summed E-state index contributed by atoms with van der Waals surface area (Å²) in [5, 5.41) is 7.05. The lowest BCUT2D eigenvalue weighted by Gasteiger charge is -2.02. The Bertz CT molecular complexity index is 1080. The van der Waals surface area contributed by atoms with Crippen LogP contribution in [0.15, 0.2) is 46.0 Å². The van der Waals surface area contributed by atoms with E-state index in [0.29, 0.717) is 40.3 Å². The first-order chi connectivity index (χ1) is 11.7. The summed E-state index contributed by atoms with van der Waals surface area (Å²) < 4.78 is 6.83. The van der Waals surface area contributed by atoms with Crippen LogP contribution in [0.1, 0.15) is 18.2 Å². The Labute approximate surface area is 137 Å². The number of pyridine rings is 1. The van der Waals surface area contributed by atoms with Crippen molar-refractivity contribution < 1.29 is 4.52 Å². The quantitative estimate of drug-likeness (QED) is 0.626. The van der Waals surface area contributed by atoms with E-state index in [0.717, 1.165) is 5.69 Å². The van der Waals surface area contributed by atoms with Gasteiger partial charge in [-0.1, -0.05) is 18.1 Å². The molecule has 0 spiro atoms. The normalized spacial score (nSPS) is 11.2. The van der Waals surface area contributed by atoms with Crippen LogP contribution in [-0.2, 0) is 6.42 Å². The highest BCUT2D eigenvalue weighted by atomic mass is 16.5. The lowest BCUT2D eigenvalue weighted by Crippen LogP contribution is -2.21. The molecule has 4 aromatic rings. The standard InChI is InChI=1S/C17H15N5O2/c1-3-11-10(2)20-16-12(9-19-22(16)17(11)23)14-8-15(24-21-14)13-6-4-5-7-18-13/h4-9,19H,3H2,1-2H3. The maximum absolute atomic E-state index is 12.5. The fourth-order valence-corrected chi connectivity index (χ4v) is 2.78. The molecule has 7 heteroatoms. The second-order valence-electron chi connectivity index (χ2n) is 5.47. The molecular formula is C17H15N5O2. The highest BCUT2D eigenvalue weighted by molar-refractivity contribution is 5.76. The van der Waals surface area contributed by atoms with Crippen molar-refractivity contribution in [3.63, 3.8) is 0 Å². The fourth-order valence-electron chi connectivity index (χ4n) is 2.78. The van der Waals surface area contributed by atoms with Crippen molar-refractivity contribution in [2.45, 2.75) is 20.3 Å². The van der Waals surface area contributed by atoms with Crippen LogP contribution < -0.4 is 5.56 Å². The lowest BCUT2D eigenvalue weighted by molar-refractivity contribution is 0.433. The molecule has 0 radical (unpaired) electrons. The Balaban J connectivity index is 1.86. The van der Waals surface area contributed by atoms with E-state index in [1.165, 1.54) is 4.52 Å². The largest absolute Gasteiger partial charge is 0.354 e. The molecule has 0 aliphatic rings. The first kappa shape index (κ1) is 14.4. The van der Waals surface area contributed by atoms with Gasteiger partial charge >= 0.3 is 0 Å². The van der Waals surface area contributed by atoms with Crippen LogP contribution >= 0.6 is 0 Å². The highest BCUT2D eigenvalue weighted by Crippen LogP contribution is 2.26. The molecule has 0 saturated carbocycles. The van der Waals surface area contributed by atoms with Crippen molar-refractivity contribution in [2.24, 2.45) is 0 Å². The van der Waals surface area contributed by atoms with Gasteiger partial charge in [-0.2, -0.15) is 0 Å². The Morgan fingerprint density at radius 3 is 2.92 bits per heavy atom. The topological polar surface area (TPSA) is 89.1 Å². The van der Waals surface area contributed by atoms with Crippen molar-refractivity contribution in [3.05, 3.63) is 58.3 Å². The van der Waals surface area contributed by atoms with Crippen LogP contribution in [0.3, 0.4) is 0 Å². The maximum Gasteiger partial charge on any atom is 0.276 e. The summed E-state index contributed by atoms with van der Waals surface area (Å²) >= 11 is 0. The number of rotatable bonds is 3. The van der Waals surface area contributed by atoms with Gasteiger partial charge in [0.1, 0.15) is 11.4 Å². The number of fused-ring (bicyclic) bond motifs is 1. The van der Waals surface area contributed by atoms with E-state index in [2.05, 4.69) is 20.2 Å². The average molecular weight is 321 g/mol. The minimum absolute atomic E-state index is 0.0836. The number of H-pyrrole nitrogens is 1. The molecule has 4 aromatic heterocycles. The molecule has 0 fully saturated rings. The molecule has 0 atom stereocenters. The van der Waals surface area contributed by atoms with E-state index in [9.17, 15) is 4.79 Å². The monoisotopic (exact) mass is 321 g/mol. The Kier molecular flexibility index (Phi) is 3.26. The number of aromatic nitrogens is 5. The summed E-state index contributed by atoms with van der Waals surface area (Å²) in [6.45, 7) is 3.79. The SMILES string of the molecule is CCc1c(C)nc2c(-c3cc(-c4ccccn4)on3)c[nH]n2c1=O. The summed E-state index contributed by atoms with van der Waals surface area (Å²) in [6, 6.07) is 7.36. The van der Waals surface area contributed by atoms with Crippen molar-refractivity contribution in [2.75, 3.05) is 0 Å². The molecule has 1 N–H and O–H groups in total. The molecule has 0 aromatic carbocycles. The van der Waals surface area contributed by atoms with Crippen LogP contribution in [-0.4, -0.2) is 24.7 Å². The zero-order valence-electron chi connectivity index (χ0n) is 13.3. The number of aromatic amines is 1. The molecule has 0 saturated heterocycles.